The monoisotopic (exact) mass is 295 g/mol. The number of aromatic hydroxyl groups is 1. The van der Waals surface area contributed by atoms with E-state index >= 15 is 0 Å². The van der Waals surface area contributed by atoms with Gasteiger partial charge in [0, 0.05) is 0 Å². The number of ether oxygens (including phenoxy) is 1. The number of phenolic OH excluding ortho intramolecular Hbond substituents is 1. The van der Waals surface area contributed by atoms with E-state index in [0.717, 1.165) is 6.07 Å². The molecule has 0 aliphatic heterocycles. The van der Waals surface area contributed by atoms with Crippen LogP contribution in [0.15, 0.2) is 23.6 Å². The highest BCUT2D eigenvalue weighted by Gasteiger charge is 2.17. The predicted molar refractivity (Wildman–Crippen MR) is 71.7 cm³/mol. The molecule has 10 heteroatoms. The summed E-state index contributed by atoms with van der Waals surface area (Å²) in [7, 11) is 1.30. The molecule has 0 fully saturated rings. The molecular weight excluding hydrogens is 286 g/mol. The first-order valence-electron chi connectivity index (χ1n) is 5.24. The van der Waals surface area contributed by atoms with Gasteiger partial charge in [-0.2, -0.15) is 14.9 Å². The third-order valence-corrected chi connectivity index (χ3v) is 2.66. The number of hydrogen-bond acceptors (Lipinski definition) is 7. The number of methoxy groups -OCH3 is 1. The van der Waals surface area contributed by atoms with Crippen molar-refractivity contribution in [2.24, 2.45) is 5.10 Å². The van der Waals surface area contributed by atoms with Crippen molar-refractivity contribution in [3.05, 3.63) is 38.9 Å². The number of aromatic amines is 1. The Morgan fingerprint density at radius 3 is 2.95 bits per heavy atom. The van der Waals surface area contributed by atoms with E-state index in [9.17, 15) is 15.2 Å². The summed E-state index contributed by atoms with van der Waals surface area (Å²) in [5.74, 6) is -0.218. The van der Waals surface area contributed by atoms with Crippen LogP contribution in [0.2, 0.25) is 0 Å². The summed E-state index contributed by atoms with van der Waals surface area (Å²) in [5.41, 5.74) is -0.144. The standard InChI is InChI=1S/C10H9N5O4S/c1-19-9-3-7(15(17)18)6(2-8(9)16)4-12-14-5-11-13-10(14)20/h2-5,16H,1H3,(H,13,20)/b12-4-. The zero-order valence-electron chi connectivity index (χ0n) is 10.2. The van der Waals surface area contributed by atoms with E-state index in [1.54, 1.807) is 0 Å². The van der Waals surface area contributed by atoms with Crippen LogP contribution in [0.3, 0.4) is 0 Å². The summed E-state index contributed by atoms with van der Waals surface area (Å²) in [6, 6.07) is 2.30. The molecule has 0 saturated heterocycles. The Balaban J connectivity index is 2.48. The number of benzene rings is 1. The van der Waals surface area contributed by atoms with Gasteiger partial charge >= 0.3 is 0 Å². The first-order chi connectivity index (χ1) is 9.52. The lowest BCUT2D eigenvalue weighted by molar-refractivity contribution is -0.385. The lowest BCUT2D eigenvalue weighted by Gasteiger charge is -2.04. The molecule has 0 radical (unpaired) electrons. The normalized spacial score (nSPS) is 10.8. The Kier molecular flexibility index (Phi) is 3.75. The summed E-state index contributed by atoms with van der Waals surface area (Å²) in [5, 5.41) is 30.7. The van der Waals surface area contributed by atoms with Crippen molar-refractivity contribution in [2.45, 2.75) is 0 Å². The van der Waals surface area contributed by atoms with Crippen molar-refractivity contribution in [1.29, 1.82) is 0 Å². The van der Waals surface area contributed by atoms with Gasteiger partial charge in [0.25, 0.3) is 5.69 Å². The number of nitro groups is 1. The average molecular weight is 295 g/mol. The minimum absolute atomic E-state index is 0.00812. The number of aromatic nitrogens is 3. The molecule has 1 aromatic heterocycles. The van der Waals surface area contributed by atoms with Crippen LogP contribution in [0, 0.1) is 14.9 Å². The van der Waals surface area contributed by atoms with Gasteiger partial charge in [0.15, 0.2) is 11.5 Å². The smallest absolute Gasteiger partial charge is 0.282 e. The fourth-order valence-corrected chi connectivity index (χ4v) is 1.59. The molecule has 2 aromatic rings. The van der Waals surface area contributed by atoms with Crippen LogP contribution in [0.5, 0.6) is 11.5 Å². The highest BCUT2D eigenvalue weighted by Crippen LogP contribution is 2.32. The van der Waals surface area contributed by atoms with E-state index in [1.165, 1.54) is 30.4 Å². The van der Waals surface area contributed by atoms with Crippen LogP contribution in [-0.2, 0) is 0 Å². The molecule has 0 bridgehead atoms. The largest absolute Gasteiger partial charge is 0.504 e. The molecule has 20 heavy (non-hydrogen) atoms. The van der Waals surface area contributed by atoms with Crippen molar-refractivity contribution in [3.8, 4) is 11.5 Å². The first-order valence-corrected chi connectivity index (χ1v) is 5.65. The summed E-state index contributed by atoms with van der Waals surface area (Å²) in [6.07, 6.45) is 2.51. The predicted octanol–water partition coefficient (Wildman–Crippen LogP) is 1.45. The van der Waals surface area contributed by atoms with Crippen LogP contribution in [0.4, 0.5) is 5.69 Å². The van der Waals surface area contributed by atoms with Gasteiger partial charge in [0.1, 0.15) is 6.33 Å². The van der Waals surface area contributed by atoms with Crippen molar-refractivity contribution in [2.75, 3.05) is 7.11 Å². The summed E-state index contributed by atoms with van der Waals surface area (Å²) in [4.78, 5) is 10.4. The van der Waals surface area contributed by atoms with Crippen molar-refractivity contribution >= 4 is 24.1 Å². The number of nitro benzene ring substituents is 1. The number of nitrogens with one attached hydrogen (secondary N) is 1. The van der Waals surface area contributed by atoms with Crippen molar-refractivity contribution < 1.29 is 14.8 Å². The molecule has 1 heterocycles. The number of rotatable bonds is 4. The molecule has 0 spiro atoms. The number of phenols is 1. The molecule has 104 valence electrons. The molecule has 1 aromatic carbocycles. The molecule has 0 saturated carbocycles. The molecular formula is C10H9N5O4S. The highest BCUT2D eigenvalue weighted by atomic mass is 32.1. The number of nitrogens with zero attached hydrogens (tertiary/aromatic N) is 4. The summed E-state index contributed by atoms with van der Waals surface area (Å²) < 4.78 is 6.28. The van der Waals surface area contributed by atoms with E-state index in [1.807, 2.05) is 0 Å². The second-order valence-corrected chi connectivity index (χ2v) is 3.98. The maximum atomic E-state index is 11.0. The molecule has 0 atom stereocenters. The molecule has 9 nitrogen and oxygen atoms in total. The fraction of sp³-hybridized carbons (Fsp3) is 0.100. The van der Waals surface area contributed by atoms with Gasteiger partial charge in [-0.25, -0.2) is 0 Å². The maximum Gasteiger partial charge on any atom is 0.282 e. The minimum Gasteiger partial charge on any atom is -0.504 e. The second-order valence-electron chi connectivity index (χ2n) is 3.59. The van der Waals surface area contributed by atoms with Gasteiger partial charge in [-0.15, -0.1) is 0 Å². The number of hydrogen-bond donors (Lipinski definition) is 2. The molecule has 0 aliphatic rings. The first kappa shape index (κ1) is 13.7. The van der Waals surface area contributed by atoms with E-state index < -0.39 is 4.92 Å². The Labute approximate surface area is 117 Å². The molecule has 0 amide bonds. The SMILES string of the molecule is COc1cc([N+](=O)[O-])c(/C=N\n2cn[nH]c2=S)cc1O. The van der Waals surface area contributed by atoms with Gasteiger partial charge in [-0.1, -0.05) is 0 Å². The highest BCUT2D eigenvalue weighted by molar-refractivity contribution is 7.71. The summed E-state index contributed by atoms with van der Waals surface area (Å²) in [6.45, 7) is 0. The van der Waals surface area contributed by atoms with Crippen LogP contribution in [-0.4, -0.2) is 38.2 Å². The molecule has 0 unspecified atom stereocenters. The quantitative estimate of drug-likeness (QED) is 0.381. The van der Waals surface area contributed by atoms with E-state index in [4.69, 9.17) is 17.0 Å². The third-order valence-electron chi connectivity index (χ3n) is 2.38. The van der Waals surface area contributed by atoms with Gasteiger partial charge in [-0.3, -0.25) is 15.2 Å². The Bertz CT molecular complexity index is 735. The Morgan fingerprint density at radius 1 is 1.65 bits per heavy atom. The topological polar surface area (TPSA) is 119 Å². The van der Waals surface area contributed by atoms with Crippen molar-refractivity contribution in [1.82, 2.24) is 14.9 Å². The number of H-pyrrole nitrogens is 1. The minimum atomic E-state index is -0.599. The fourth-order valence-electron chi connectivity index (χ4n) is 1.45. The average Bonchev–Trinajstić information content (AvgIpc) is 2.81. The van der Waals surface area contributed by atoms with E-state index in [-0.39, 0.29) is 27.5 Å². The van der Waals surface area contributed by atoms with Crippen LogP contribution in [0.1, 0.15) is 5.56 Å². The third kappa shape index (κ3) is 2.64. The second kappa shape index (κ2) is 5.48. The van der Waals surface area contributed by atoms with Gasteiger partial charge in [0.2, 0.25) is 4.77 Å². The zero-order chi connectivity index (χ0) is 14.7. The molecule has 0 aliphatic carbocycles. The van der Waals surface area contributed by atoms with E-state index in [0.29, 0.717) is 0 Å². The zero-order valence-corrected chi connectivity index (χ0v) is 11.0. The van der Waals surface area contributed by atoms with Crippen LogP contribution < -0.4 is 4.74 Å². The Morgan fingerprint density at radius 2 is 2.40 bits per heavy atom. The van der Waals surface area contributed by atoms with Gasteiger partial charge in [-0.05, 0) is 18.3 Å². The lowest BCUT2D eigenvalue weighted by Crippen LogP contribution is -1.98. The maximum absolute atomic E-state index is 11.0. The van der Waals surface area contributed by atoms with Crippen LogP contribution in [0.25, 0.3) is 0 Å². The molecule has 2 rings (SSSR count). The summed E-state index contributed by atoms with van der Waals surface area (Å²) >= 11 is 4.88. The van der Waals surface area contributed by atoms with Gasteiger partial charge in [0.05, 0.1) is 29.9 Å². The molecule has 2 N–H and O–H groups in total. The van der Waals surface area contributed by atoms with Gasteiger partial charge < -0.3 is 9.84 Å². The lowest BCUT2D eigenvalue weighted by atomic mass is 10.1. The van der Waals surface area contributed by atoms with E-state index in [2.05, 4.69) is 15.3 Å². The Hall–Kier alpha value is -2.75. The van der Waals surface area contributed by atoms with Crippen molar-refractivity contribution in [3.63, 3.8) is 0 Å². The van der Waals surface area contributed by atoms with Crippen LogP contribution >= 0.6 is 12.2 Å².